The SMILES string of the molecule is C1=CC=CCC=C1.C=CC.CC.CC.N#CC(=Cc1ccc(N=O)cc1)CC/C=C\C=C\OCCC(=O)CN1CCC(CCC/C=C/O)CC1. The summed E-state index contributed by atoms with van der Waals surface area (Å²) in [4.78, 5) is 24.9. The van der Waals surface area contributed by atoms with E-state index in [0.29, 0.717) is 43.7 Å². The molecule has 1 heterocycles. The molecule has 0 bridgehead atoms. The number of Topliss-reactive ketones (excluding diaryl/α,β-unsaturated/α-hetero) is 1. The zero-order valence-electron chi connectivity index (χ0n) is 31.4. The normalized spacial score (nSPS) is 14.1. The van der Waals surface area contributed by atoms with Crippen LogP contribution in [0.5, 0.6) is 0 Å². The number of rotatable bonds is 16. The summed E-state index contributed by atoms with van der Waals surface area (Å²) in [6.45, 7) is 16.1. The van der Waals surface area contributed by atoms with Crippen molar-refractivity contribution in [2.24, 2.45) is 11.1 Å². The summed E-state index contributed by atoms with van der Waals surface area (Å²) in [5.41, 5.74) is 1.88. The molecule has 1 fully saturated rings. The average molecular weight is 686 g/mol. The molecule has 0 radical (unpaired) electrons. The lowest BCUT2D eigenvalue weighted by atomic mass is 9.91. The van der Waals surface area contributed by atoms with Gasteiger partial charge in [-0.15, -0.1) is 11.5 Å². The number of likely N-dealkylation sites (tertiary alicyclic amines) is 1. The first-order valence-electron chi connectivity index (χ1n) is 18.1. The zero-order valence-corrected chi connectivity index (χ0v) is 31.4. The number of hydrogen-bond donors (Lipinski definition) is 1. The molecule has 1 aliphatic carbocycles. The number of aliphatic hydroxyl groups is 1. The molecule has 0 atom stereocenters. The Balaban J connectivity index is 0. The minimum Gasteiger partial charge on any atom is -0.516 e. The number of nitrogens with zero attached hydrogens (tertiary/aromatic N) is 3. The number of nitriles is 1. The number of hydrogen-bond acceptors (Lipinski definition) is 7. The van der Waals surface area contributed by atoms with Crippen molar-refractivity contribution in [1.82, 2.24) is 4.90 Å². The van der Waals surface area contributed by atoms with Crippen molar-refractivity contribution >= 4 is 17.5 Å². The molecule has 1 aliphatic heterocycles. The smallest absolute Gasteiger partial charge is 0.150 e. The highest BCUT2D eigenvalue weighted by Gasteiger charge is 2.20. The monoisotopic (exact) mass is 685 g/mol. The molecule has 274 valence electrons. The van der Waals surface area contributed by atoms with Gasteiger partial charge < -0.3 is 9.84 Å². The zero-order chi connectivity index (χ0) is 37.5. The van der Waals surface area contributed by atoms with Gasteiger partial charge in [-0.2, -0.15) is 5.26 Å². The third-order valence-electron chi connectivity index (χ3n) is 7.06. The fraction of sp³-hybridized carbons (Fsp3) is 0.442. The van der Waals surface area contributed by atoms with Crippen molar-refractivity contribution < 1.29 is 14.6 Å². The molecular formula is C43H63N3O4. The first kappa shape index (κ1) is 47.6. The number of benzene rings is 1. The molecule has 3 rings (SSSR count). The van der Waals surface area contributed by atoms with E-state index in [1.54, 1.807) is 54.8 Å². The molecule has 50 heavy (non-hydrogen) atoms. The van der Waals surface area contributed by atoms with Gasteiger partial charge in [0.05, 0.1) is 31.7 Å². The van der Waals surface area contributed by atoms with Crippen LogP contribution in [0.1, 0.15) is 98.0 Å². The lowest BCUT2D eigenvalue weighted by Gasteiger charge is -2.31. The number of nitroso groups, excluding NO2 is 1. The van der Waals surface area contributed by atoms with Gasteiger partial charge in [-0.05, 0) is 106 Å². The molecule has 7 heteroatoms. The standard InChI is InChI=1S/C29H37N3O4.C7H8.C3H6.2C2H6/c30-23-27(22-26-10-12-28(31-35)13-11-26)9-4-1-2-7-20-36-21-16-29(34)24-32-17-14-25(15-18-32)8-5-3-6-19-33;1-2-4-6-7-5-3-1;1-3-2;2*1-2/h1-2,6-7,10-13,19-20,22,25,33H,3-5,8-9,14-18,21,24H2;1-6H,7H2;3H,1H2,2H3;2*1-2H3/b2-1-,19-6+,20-7+,27-22?;;;;. The molecule has 0 spiro atoms. The van der Waals surface area contributed by atoms with Gasteiger partial charge in [-0.3, -0.25) is 9.69 Å². The van der Waals surface area contributed by atoms with E-state index in [1.165, 1.54) is 6.42 Å². The molecule has 1 aromatic rings. The quantitative estimate of drug-likeness (QED) is 0.0464. The number of unbranched alkanes of at least 4 members (excludes halogenated alkanes) is 1. The Kier molecular flexibility index (Phi) is 35.5. The van der Waals surface area contributed by atoms with Gasteiger partial charge in [-0.1, -0.05) is 107 Å². The Morgan fingerprint density at radius 1 is 1.00 bits per heavy atom. The Labute approximate surface area is 303 Å². The second-order valence-corrected chi connectivity index (χ2v) is 10.8. The van der Waals surface area contributed by atoms with Gasteiger partial charge in [0.2, 0.25) is 0 Å². The Bertz CT molecular complexity index is 1230. The number of carbonyl (C=O) groups is 1. The van der Waals surface area contributed by atoms with Crippen molar-refractivity contribution in [1.29, 1.82) is 5.26 Å². The summed E-state index contributed by atoms with van der Waals surface area (Å²) in [5.74, 6) is 0.935. The van der Waals surface area contributed by atoms with Gasteiger partial charge >= 0.3 is 0 Å². The van der Waals surface area contributed by atoms with E-state index in [-0.39, 0.29) is 5.78 Å². The molecular weight excluding hydrogens is 622 g/mol. The summed E-state index contributed by atoms with van der Waals surface area (Å²) < 4.78 is 5.43. The number of ether oxygens (including phenoxy) is 1. The van der Waals surface area contributed by atoms with Crippen molar-refractivity contribution in [3.63, 3.8) is 0 Å². The fourth-order valence-electron chi connectivity index (χ4n) is 4.63. The first-order valence-corrected chi connectivity index (χ1v) is 18.1. The minimum absolute atomic E-state index is 0.207. The average Bonchev–Trinajstić information content (AvgIpc) is 3.49. The molecule has 0 saturated carbocycles. The highest BCUT2D eigenvalue weighted by molar-refractivity contribution is 5.80. The molecule has 1 aromatic carbocycles. The molecule has 7 nitrogen and oxygen atoms in total. The molecule has 0 unspecified atom stereocenters. The van der Waals surface area contributed by atoms with E-state index < -0.39 is 0 Å². The van der Waals surface area contributed by atoms with Crippen LogP contribution < -0.4 is 0 Å². The number of piperidine rings is 1. The summed E-state index contributed by atoms with van der Waals surface area (Å²) in [6, 6.07) is 8.98. The van der Waals surface area contributed by atoms with Crippen LogP contribution in [0.15, 0.2) is 121 Å². The van der Waals surface area contributed by atoms with Crippen LogP contribution >= 0.6 is 0 Å². The van der Waals surface area contributed by atoms with E-state index in [2.05, 4.69) is 47.0 Å². The van der Waals surface area contributed by atoms with Gasteiger partial charge in [0.1, 0.15) is 11.5 Å². The van der Waals surface area contributed by atoms with E-state index in [1.807, 2.05) is 58.9 Å². The van der Waals surface area contributed by atoms with Crippen LogP contribution in [0, 0.1) is 22.2 Å². The van der Waals surface area contributed by atoms with Crippen molar-refractivity contribution in [2.75, 3.05) is 26.2 Å². The molecule has 0 aromatic heterocycles. The second kappa shape index (κ2) is 37.3. The predicted octanol–water partition coefficient (Wildman–Crippen LogP) is 12.1. The van der Waals surface area contributed by atoms with Crippen LogP contribution in [-0.2, 0) is 9.53 Å². The predicted molar refractivity (Wildman–Crippen MR) is 214 cm³/mol. The maximum atomic E-state index is 12.2. The summed E-state index contributed by atoms with van der Waals surface area (Å²) >= 11 is 0. The largest absolute Gasteiger partial charge is 0.516 e. The minimum atomic E-state index is 0.207. The summed E-state index contributed by atoms with van der Waals surface area (Å²) in [6.07, 6.45) is 34.4. The van der Waals surface area contributed by atoms with Crippen LogP contribution in [-0.4, -0.2) is 42.0 Å². The fourth-order valence-corrected chi connectivity index (χ4v) is 4.63. The lowest BCUT2D eigenvalue weighted by Crippen LogP contribution is -2.37. The van der Waals surface area contributed by atoms with Gasteiger partial charge in [0.25, 0.3) is 0 Å². The number of allylic oxidation sites excluding steroid dienone is 12. The third-order valence-corrected chi connectivity index (χ3v) is 7.06. The van der Waals surface area contributed by atoms with Crippen LogP contribution in [0.4, 0.5) is 5.69 Å². The molecule has 1 saturated heterocycles. The van der Waals surface area contributed by atoms with Crippen molar-refractivity contribution in [3.05, 3.63) is 126 Å². The number of ketones is 1. The summed E-state index contributed by atoms with van der Waals surface area (Å²) in [5, 5.41) is 20.9. The second-order valence-electron chi connectivity index (χ2n) is 10.8. The molecule has 0 amide bonds. The van der Waals surface area contributed by atoms with Gasteiger partial charge in [0.15, 0.2) is 0 Å². The molecule has 2 aliphatic rings. The number of aliphatic hydroxyl groups excluding tert-OH is 1. The first-order chi connectivity index (χ1) is 24.6. The van der Waals surface area contributed by atoms with Gasteiger partial charge in [-0.25, -0.2) is 0 Å². The van der Waals surface area contributed by atoms with Crippen LogP contribution in [0.25, 0.3) is 6.08 Å². The van der Waals surface area contributed by atoms with E-state index in [4.69, 9.17) is 9.84 Å². The van der Waals surface area contributed by atoms with Gasteiger partial charge in [0, 0.05) is 12.0 Å². The van der Waals surface area contributed by atoms with Crippen LogP contribution in [0.3, 0.4) is 0 Å². The Morgan fingerprint density at radius 3 is 2.22 bits per heavy atom. The maximum absolute atomic E-state index is 12.2. The lowest BCUT2D eigenvalue weighted by molar-refractivity contribution is -0.121. The topological polar surface area (TPSA) is 103 Å². The highest BCUT2D eigenvalue weighted by atomic mass is 16.5. The highest BCUT2D eigenvalue weighted by Crippen LogP contribution is 2.22. The molecule has 1 N–H and O–H groups in total. The van der Waals surface area contributed by atoms with E-state index >= 15 is 0 Å². The number of carbonyl (C=O) groups excluding carboxylic acids is 1. The van der Waals surface area contributed by atoms with E-state index in [0.717, 1.165) is 62.9 Å². The third kappa shape index (κ3) is 28.5. The van der Waals surface area contributed by atoms with Crippen LogP contribution in [0.2, 0.25) is 0 Å². The van der Waals surface area contributed by atoms with Crippen molar-refractivity contribution in [3.8, 4) is 6.07 Å². The Hall–Kier alpha value is -4.54. The Morgan fingerprint density at radius 2 is 1.64 bits per heavy atom. The maximum Gasteiger partial charge on any atom is 0.150 e. The summed E-state index contributed by atoms with van der Waals surface area (Å²) in [7, 11) is 0. The van der Waals surface area contributed by atoms with E-state index in [9.17, 15) is 15.0 Å². The van der Waals surface area contributed by atoms with Crippen molar-refractivity contribution in [2.45, 2.75) is 92.4 Å².